The molecular weight excluding hydrogens is 338 g/mol. The van der Waals surface area contributed by atoms with Gasteiger partial charge in [0.2, 0.25) is 0 Å². The summed E-state index contributed by atoms with van der Waals surface area (Å²) in [6.07, 6.45) is 1.93. The normalized spacial score (nSPS) is 20.2. The third-order valence-corrected chi connectivity index (χ3v) is 5.68. The highest BCUT2D eigenvalue weighted by atomic mass is 32.2. The second-order valence-corrected chi connectivity index (χ2v) is 7.19. The van der Waals surface area contributed by atoms with Gasteiger partial charge in [0.15, 0.2) is 11.6 Å². The SMILES string of the molecule is O=C(c1ccccc1)[C@H]1CCC[C@H](Sc2ccccc2[N+](=O)[O-])C1=O. The largest absolute Gasteiger partial charge is 0.298 e. The van der Waals surface area contributed by atoms with Crippen molar-refractivity contribution in [2.24, 2.45) is 5.92 Å². The van der Waals surface area contributed by atoms with Crippen LogP contribution in [0.3, 0.4) is 0 Å². The van der Waals surface area contributed by atoms with Crippen LogP contribution < -0.4 is 0 Å². The zero-order valence-corrected chi connectivity index (χ0v) is 14.3. The Bertz CT molecular complexity index is 806. The number of thioether (sulfide) groups is 1. The second kappa shape index (κ2) is 7.61. The standard InChI is InChI=1S/C19H17NO4S/c21-18(13-7-2-1-3-8-13)14-9-6-12-17(19(14)22)25-16-11-5-4-10-15(16)20(23)24/h1-5,7-8,10-11,14,17H,6,9,12H2/t14-,17+/m1/s1. The van der Waals surface area contributed by atoms with E-state index in [9.17, 15) is 19.7 Å². The molecule has 0 bridgehead atoms. The maximum atomic E-state index is 12.8. The van der Waals surface area contributed by atoms with E-state index >= 15 is 0 Å². The van der Waals surface area contributed by atoms with Gasteiger partial charge in [-0.05, 0) is 18.9 Å². The predicted octanol–water partition coefficient (Wildman–Crippen LogP) is 4.31. The van der Waals surface area contributed by atoms with Crippen molar-refractivity contribution in [2.45, 2.75) is 29.4 Å². The average molecular weight is 355 g/mol. The van der Waals surface area contributed by atoms with Crippen molar-refractivity contribution in [1.82, 2.24) is 0 Å². The molecule has 0 aliphatic heterocycles. The molecule has 1 fully saturated rings. The first kappa shape index (κ1) is 17.4. The number of benzene rings is 2. The van der Waals surface area contributed by atoms with Gasteiger partial charge in [0.1, 0.15) is 0 Å². The fourth-order valence-electron chi connectivity index (χ4n) is 3.06. The minimum Gasteiger partial charge on any atom is -0.298 e. The van der Waals surface area contributed by atoms with Crippen LogP contribution in [0.5, 0.6) is 0 Å². The molecule has 5 nitrogen and oxygen atoms in total. The lowest BCUT2D eigenvalue weighted by atomic mass is 9.82. The Morgan fingerprint density at radius 1 is 1.04 bits per heavy atom. The monoisotopic (exact) mass is 355 g/mol. The third kappa shape index (κ3) is 3.79. The summed E-state index contributed by atoms with van der Waals surface area (Å²) in [5.41, 5.74) is 0.536. The topological polar surface area (TPSA) is 77.3 Å². The third-order valence-electron chi connectivity index (χ3n) is 4.33. The van der Waals surface area contributed by atoms with E-state index < -0.39 is 16.1 Å². The Kier molecular flexibility index (Phi) is 5.28. The molecule has 25 heavy (non-hydrogen) atoms. The van der Waals surface area contributed by atoms with E-state index in [1.165, 1.54) is 17.8 Å². The Morgan fingerprint density at radius 3 is 2.44 bits per heavy atom. The lowest BCUT2D eigenvalue weighted by Gasteiger charge is -2.26. The summed E-state index contributed by atoms with van der Waals surface area (Å²) in [5.74, 6) is -0.932. The molecule has 2 atom stereocenters. The molecule has 1 saturated carbocycles. The van der Waals surface area contributed by atoms with Gasteiger partial charge in [0.25, 0.3) is 5.69 Å². The number of carbonyl (C=O) groups is 2. The molecule has 3 rings (SSSR count). The molecule has 1 aliphatic rings. The molecule has 0 amide bonds. The van der Waals surface area contributed by atoms with E-state index in [0.717, 1.165) is 6.42 Å². The molecule has 0 N–H and O–H groups in total. The highest BCUT2D eigenvalue weighted by molar-refractivity contribution is 8.00. The van der Waals surface area contributed by atoms with Crippen LogP contribution in [0.15, 0.2) is 59.5 Å². The summed E-state index contributed by atoms with van der Waals surface area (Å²) in [4.78, 5) is 36.6. The van der Waals surface area contributed by atoms with Crippen LogP contribution in [-0.2, 0) is 4.79 Å². The number of nitrogens with zero attached hydrogens (tertiary/aromatic N) is 1. The summed E-state index contributed by atoms with van der Waals surface area (Å²) >= 11 is 1.20. The molecule has 0 unspecified atom stereocenters. The van der Waals surface area contributed by atoms with Crippen molar-refractivity contribution in [1.29, 1.82) is 0 Å². The van der Waals surface area contributed by atoms with Gasteiger partial charge in [-0.15, -0.1) is 11.8 Å². The smallest absolute Gasteiger partial charge is 0.282 e. The molecule has 1 aliphatic carbocycles. The lowest BCUT2D eigenvalue weighted by molar-refractivity contribution is -0.387. The first-order valence-corrected chi connectivity index (χ1v) is 8.99. The molecule has 0 radical (unpaired) electrons. The van der Waals surface area contributed by atoms with Gasteiger partial charge in [-0.1, -0.05) is 48.9 Å². The van der Waals surface area contributed by atoms with Gasteiger partial charge in [-0.2, -0.15) is 0 Å². The van der Waals surface area contributed by atoms with Crippen molar-refractivity contribution in [3.05, 3.63) is 70.3 Å². The van der Waals surface area contributed by atoms with Gasteiger partial charge >= 0.3 is 0 Å². The van der Waals surface area contributed by atoms with Crippen molar-refractivity contribution in [3.63, 3.8) is 0 Å². The van der Waals surface area contributed by atoms with Crippen LogP contribution in [0.4, 0.5) is 5.69 Å². The number of carbonyl (C=O) groups excluding carboxylic acids is 2. The molecule has 0 spiro atoms. The number of hydrogen-bond acceptors (Lipinski definition) is 5. The molecule has 0 heterocycles. The zero-order valence-electron chi connectivity index (χ0n) is 13.5. The molecule has 6 heteroatoms. The number of nitro benzene ring substituents is 1. The highest BCUT2D eigenvalue weighted by Gasteiger charge is 2.37. The highest BCUT2D eigenvalue weighted by Crippen LogP contribution is 2.38. The zero-order chi connectivity index (χ0) is 17.8. The van der Waals surface area contributed by atoms with Gasteiger partial charge in [-0.3, -0.25) is 19.7 Å². The van der Waals surface area contributed by atoms with Gasteiger partial charge < -0.3 is 0 Å². The van der Waals surface area contributed by atoms with Gasteiger partial charge in [0, 0.05) is 11.6 Å². The van der Waals surface area contributed by atoms with Crippen LogP contribution in [-0.4, -0.2) is 21.7 Å². The molecular formula is C19H17NO4S. The quantitative estimate of drug-likeness (QED) is 0.346. The van der Waals surface area contributed by atoms with E-state index in [0.29, 0.717) is 23.3 Å². The molecule has 2 aromatic carbocycles. The summed E-state index contributed by atoms with van der Waals surface area (Å²) < 4.78 is 0. The van der Waals surface area contributed by atoms with E-state index in [1.807, 2.05) is 6.07 Å². The Labute approximate surface area is 149 Å². The Hall–Kier alpha value is -2.47. The van der Waals surface area contributed by atoms with Crippen molar-refractivity contribution in [2.75, 3.05) is 0 Å². The molecule has 0 saturated heterocycles. The van der Waals surface area contributed by atoms with Crippen molar-refractivity contribution in [3.8, 4) is 0 Å². The van der Waals surface area contributed by atoms with E-state index in [-0.39, 0.29) is 17.3 Å². The summed E-state index contributed by atoms with van der Waals surface area (Å²) in [6.45, 7) is 0. The number of para-hydroxylation sites is 1. The molecule has 128 valence electrons. The maximum Gasteiger partial charge on any atom is 0.282 e. The minimum atomic E-state index is -0.656. The van der Waals surface area contributed by atoms with Crippen molar-refractivity contribution >= 4 is 29.0 Å². The number of rotatable bonds is 5. The lowest BCUT2D eigenvalue weighted by Crippen LogP contribution is -2.35. The Balaban J connectivity index is 1.79. The number of hydrogen-bond donors (Lipinski definition) is 0. The van der Waals surface area contributed by atoms with E-state index in [4.69, 9.17) is 0 Å². The molecule has 2 aromatic rings. The van der Waals surface area contributed by atoms with Gasteiger partial charge in [-0.25, -0.2) is 0 Å². The van der Waals surface area contributed by atoms with Crippen LogP contribution in [0, 0.1) is 16.0 Å². The fraction of sp³-hybridized carbons (Fsp3) is 0.263. The summed E-state index contributed by atoms with van der Waals surface area (Å²) in [5, 5.41) is 10.7. The van der Waals surface area contributed by atoms with E-state index in [2.05, 4.69) is 0 Å². The van der Waals surface area contributed by atoms with Crippen LogP contribution in [0.25, 0.3) is 0 Å². The van der Waals surface area contributed by atoms with Crippen LogP contribution >= 0.6 is 11.8 Å². The molecule has 0 aromatic heterocycles. The Morgan fingerprint density at radius 2 is 1.72 bits per heavy atom. The second-order valence-electron chi connectivity index (χ2n) is 5.95. The predicted molar refractivity (Wildman–Crippen MR) is 95.9 cm³/mol. The number of Topliss-reactive ketones (excluding diaryl/α,β-unsaturated/α-hetero) is 2. The average Bonchev–Trinajstić information content (AvgIpc) is 2.64. The van der Waals surface area contributed by atoms with Crippen LogP contribution in [0.1, 0.15) is 29.6 Å². The number of nitro groups is 1. The minimum absolute atomic E-state index is 0.00295. The van der Waals surface area contributed by atoms with Gasteiger partial charge in [0.05, 0.1) is 21.0 Å². The first-order valence-electron chi connectivity index (χ1n) is 8.11. The summed E-state index contributed by atoms with van der Waals surface area (Å²) in [7, 11) is 0. The summed E-state index contributed by atoms with van der Waals surface area (Å²) in [6, 6.07) is 15.2. The first-order chi connectivity index (χ1) is 12.1. The fourth-order valence-corrected chi connectivity index (χ4v) is 4.35. The van der Waals surface area contributed by atoms with Crippen molar-refractivity contribution < 1.29 is 14.5 Å². The maximum absolute atomic E-state index is 12.8. The van der Waals surface area contributed by atoms with Crippen LogP contribution in [0.2, 0.25) is 0 Å². The van der Waals surface area contributed by atoms with E-state index in [1.54, 1.807) is 42.5 Å². The number of ketones is 2.